The second kappa shape index (κ2) is 5.62. The Morgan fingerprint density at radius 1 is 1.15 bits per heavy atom. The van der Waals surface area contributed by atoms with Crippen LogP contribution in [0.15, 0.2) is 18.2 Å². The molecule has 4 heteroatoms. The van der Waals surface area contributed by atoms with Gasteiger partial charge in [-0.2, -0.15) is 0 Å². The maximum atomic E-state index is 9.96. The molecule has 2 heterocycles. The Morgan fingerprint density at radius 3 is 2.65 bits per heavy atom. The third-order valence-corrected chi connectivity index (χ3v) is 4.81. The first-order valence-electron chi connectivity index (χ1n) is 7.68. The summed E-state index contributed by atoms with van der Waals surface area (Å²) in [6, 6.07) is 5.98. The van der Waals surface area contributed by atoms with Gasteiger partial charge >= 0.3 is 0 Å². The Balaban J connectivity index is 1.71. The number of nitrogens with zero attached hydrogens (tertiary/aromatic N) is 1. The minimum absolute atomic E-state index is 0.0388. The van der Waals surface area contributed by atoms with Gasteiger partial charge in [0.15, 0.2) is 0 Å². The highest BCUT2D eigenvalue weighted by atomic mass is 16.3. The molecule has 3 rings (SSSR count). The molecule has 20 heavy (non-hydrogen) atoms. The molecule has 0 radical (unpaired) electrons. The molecule has 3 unspecified atom stereocenters. The molecule has 3 atom stereocenters. The number of hydrogen-bond acceptors (Lipinski definition) is 4. The third kappa shape index (κ3) is 2.50. The third-order valence-electron chi connectivity index (χ3n) is 4.81. The molecule has 2 aliphatic heterocycles. The fourth-order valence-corrected chi connectivity index (χ4v) is 3.83. The summed E-state index contributed by atoms with van der Waals surface area (Å²) in [5, 5.41) is 23.5. The van der Waals surface area contributed by atoms with Crippen LogP contribution in [0.5, 0.6) is 11.5 Å². The van der Waals surface area contributed by atoms with E-state index in [1.807, 2.05) is 6.92 Å². The minimum atomic E-state index is -0.0388. The molecule has 4 nitrogen and oxygen atoms in total. The quantitative estimate of drug-likeness (QED) is 0.793. The summed E-state index contributed by atoms with van der Waals surface area (Å²) < 4.78 is 0. The minimum Gasteiger partial charge on any atom is -0.507 e. The van der Waals surface area contributed by atoms with E-state index in [4.69, 9.17) is 0 Å². The highest BCUT2D eigenvalue weighted by Gasteiger charge is 2.36. The topological polar surface area (TPSA) is 55.7 Å². The van der Waals surface area contributed by atoms with E-state index in [2.05, 4.69) is 10.2 Å². The van der Waals surface area contributed by atoms with Crippen molar-refractivity contribution >= 4 is 0 Å². The van der Waals surface area contributed by atoms with Gasteiger partial charge in [-0.25, -0.2) is 0 Å². The van der Waals surface area contributed by atoms with Gasteiger partial charge in [-0.1, -0.05) is 12.5 Å². The highest BCUT2D eigenvalue weighted by molar-refractivity contribution is 5.45. The highest BCUT2D eigenvalue weighted by Crippen LogP contribution is 2.34. The standard InChI is InChI=1S/C16H24N2O2/c1-11(16-14(19)6-4-7-15(16)20)17-12-8-10-18-9-3-2-5-13(12)18/h4,6-7,11-13,17,19-20H,2-3,5,8-10H2,1H3. The molecule has 2 aliphatic rings. The van der Waals surface area contributed by atoms with Crippen LogP contribution in [0.3, 0.4) is 0 Å². The van der Waals surface area contributed by atoms with Crippen molar-refractivity contribution in [2.75, 3.05) is 13.1 Å². The van der Waals surface area contributed by atoms with Gasteiger partial charge in [0.2, 0.25) is 0 Å². The van der Waals surface area contributed by atoms with Crippen LogP contribution in [0.2, 0.25) is 0 Å². The van der Waals surface area contributed by atoms with Gasteiger partial charge in [0.05, 0.1) is 5.56 Å². The van der Waals surface area contributed by atoms with Crippen LogP contribution in [0.1, 0.15) is 44.2 Å². The van der Waals surface area contributed by atoms with Crippen molar-refractivity contribution in [2.45, 2.75) is 50.7 Å². The van der Waals surface area contributed by atoms with Crippen LogP contribution < -0.4 is 5.32 Å². The summed E-state index contributed by atoms with van der Waals surface area (Å²) >= 11 is 0. The van der Waals surface area contributed by atoms with Crippen molar-refractivity contribution in [3.05, 3.63) is 23.8 Å². The lowest BCUT2D eigenvalue weighted by Gasteiger charge is -2.34. The van der Waals surface area contributed by atoms with Crippen LogP contribution in [0.4, 0.5) is 0 Å². The molecule has 110 valence electrons. The van der Waals surface area contributed by atoms with Crippen molar-refractivity contribution in [1.29, 1.82) is 0 Å². The Morgan fingerprint density at radius 2 is 1.90 bits per heavy atom. The average Bonchev–Trinajstić information content (AvgIpc) is 2.82. The summed E-state index contributed by atoms with van der Waals surface area (Å²) in [5.41, 5.74) is 0.613. The second-order valence-electron chi connectivity index (χ2n) is 6.09. The molecule has 0 aliphatic carbocycles. The second-order valence-corrected chi connectivity index (χ2v) is 6.09. The summed E-state index contributed by atoms with van der Waals surface area (Å²) in [6.45, 7) is 4.40. The molecule has 2 fully saturated rings. The average molecular weight is 276 g/mol. The molecular formula is C16H24N2O2. The number of phenols is 2. The molecule has 3 N–H and O–H groups in total. The van der Waals surface area contributed by atoms with Gasteiger partial charge in [0, 0.05) is 24.7 Å². The summed E-state index contributed by atoms with van der Waals surface area (Å²) in [4.78, 5) is 2.58. The molecule has 1 aromatic rings. The lowest BCUT2D eigenvalue weighted by molar-refractivity contribution is 0.177. The van der Waals surface area contributed by atoms with E-state index in [9.17, 15) is 10.2 Å². The van der Waals surface area contributed by atoms with E-state index in [1.54, 1.807) is 18.2 Å². The zero-order valence-corrected chi connectivity index (χ0v) is 12.0. The van der Waals surface area contributed by atoms with Gasteiger partial charge in [-0.15, -0.1) is 0 Å². The summed E-state index contributed by atoms with van der Waals surface area (Å²) in [5.74, 6) is 0.340. The zero-order valence-electron chi connectivity index (χ0n) is 12.0. The molecule has 0 saturated carbocycles. The molecular weight excluding hydrogens is 252 g/mol. The monoisotopic (exact) mass is 276 g/mol. The number of hydrogen-bond donors (Lipinski definition) is 3. The van der Waals surface area contributed by atoms with E-state index in [0.717, 1.165) is 6.42 Å². The van der Waals surface area contributed by atoms with E-state index >= 15 is 0 Å². The first-order valence-corrected chi connectivity index (χ1v) is 7.68. The fraction of sp³-hybridized carbons (Fsp3) is 0.625. The number of rotatable bonds is 3. The van der Waals surface area contributed by atoms with Crippen molar-refractivity contribution < 1.29 is 10.2 Å². The lowest BCUT2D eigenvalue weighted by Crippen LogP contribution is -2.45. The lowest BCUT2D eigenvalue weighted by atomic mass is 9.97. The number of phenolic OH excluding ortho intramolecular Hbond substituents is 2. The maximum absolute atomic E-state index is 9.96. The molecule has 0 aromatic heterocycles. The predicted octanol–water partition coefficient (Wildman–Crippen LogP) is 2.38. The number of fused-ring (bicyclic) bond motifs is 1. The zero-order chi connectivity index (χ0) is 14.1. The van der Waals surface area contributed by atoms with Crippen LogP contribution in [-0.2, 0) is 0 Å². The normalized spacial score (nSPS) is 28.2. The van der Waals surface area contributed by atoms with E-state index < -0.39 is 0 Å². The Hall–Kier alpha value is -1.26. The van der Waals surface area contributed by atoms with Crippen molar-refractivity contribution in [2.24, 2.45) is 0 Å². The first-order chi connectivity index (χ1) is 9.66. The number of piperidine rings is 1. The molecule has 2 saturated heterocycles. The maximum Gasteiger partial charge on any atom is 0.124 e. The van der Waals surface area contributed by atoms with Crippen molar-refractivity contribution in [1.82, 2.24) is 10.2 Å². The van der Waals surface area contributed by atoms with E-state index in [1.165, 1.54) is 32.4 Å². The SMILES string of the molecule is CC(NC1CCN2CCCCC12)c1c(O)cccc1O. The summed E-state index contributed by atoms with van der Waals surface area (Å²) in [7, 11) is 0. The number of benzene rings is 1. The Bertz CT molecular complexity index is 457. The van der Waals surface area contributed by atoms with Crippen LogP contribution in [0.25, 0.3) is 0 Å². The van der Waals surface area contributed by atoms with Crippen molar-refractivity contribution in [3.8, 4) is 11.5 Å². The van der Waals surface area contributed by atoms with E-state index in [0.29, 0.717) is 17.6 Å². The molecule has 0 spiro atoms. The van der Waals surface area contributed by atoms with Crippen LogP contribution in [0, 0.1) is 0 Å². The molecule has 1 aromatic carbocycles. The number of nitrogens with one attached hydrogen (secondary N) is 1. The van der Waals surface area contributed by atoms with Gasteiger partial charge in [-0.05, 0) is 44.9 Å². The fourth-order valence-electron chi connectivity index (χ4n) is 3.83. The van der Waals surface area contributed by atoms with Gasteiger partial charge in [0.1, 0.15) is 11.5 Å². The van der Waals surface area contributed by atoms with Crippen molar-refractivity contribution in [3.63, 3.8) is 0 Å². The van der Waals surface area contributed by atoms with Crippen LogP contribution >= 0.6 is 0 Å². The van der Waals surface area contributed by atoms with Gasteiger partial charge in [0.25, 0.3) is 0 Å². The number of aromatic hydroxyl groups is 2. The summed E-state index contributed by atoms with van der Waals surface area (Å²) in [6.07, 6.45) is 5.05. The Labute approximate surface area is 120 Å². The van der Waals surface area contributed by atoms with Crippen LogP contribution in [-0.4, -0.2) is 40.3 Å². The molecule has 0 amide bonds. The van der Waals surface area contributed by atoms with Gasteiger partial charge < -0.3 is 15.5 Å². The largest absolute Gasteiger partial charge is 0.507 e. The molecule has 0 bridgehead atoms. The smallest absolute Gasteiger partial charge is 0.124 e. The van der Waals surface area contributed by atoms with Gasteiger partial charge in [-0.3, -0.25) is 4.90 Å². The Kier molecular flexibility index (Phi) is 3.85. The predicted molar refractivity (Wildman–Crippen MR) is 78.9 cm³/mol. The van der Waals surface area contributed by atoms with E-state index in [-0.39, 0.29) is 17.5 Å². The first kappa shape index (κ1) is 13.7.